The first-order valence-electron chi connectivity index (χ1n) is 10.2. The zero-order valence-electron chi connectivity index (χ0n) is 18.0. The lowest BCUT2D eigenvalue weighted by molar-refractivity contribution is 0.102. The number of benzene rings is 2. The molecule has 0 spiro atoms. The molecule has 2 heterocycles. The quantitative estimate of drug-likeness (QED) is 0.438. The standard InChI is InChI=1S/C26H22ClN3O2/c1-16-6-4-7-17(2)24(16)29-26(32)23-22(31)14-18(3)30(21-9-5-8-20(27)15-21)25(23)19-10-12-28-13-11-19/h4-15H,1-3H3,(H,29,32). The van der Waals surface area contributed by atoms with E-state index in [0.717, 1.165) is 16.8 Å². The number of amides is 1. The Morgan fingerprint density at radius 3 is 2.25 bits per heavy atom. The van der Waals surface area contributed by atoms with Gasteiger partial charge in [-0.2, -0.15) is 0 Å². The molecule has 0 saturated heterocycles. The van der Waals surface area contributed by atoms with Gasteiger partial charge in [0.2, 0.25) is 0 Å². The second-order valence-electron chi connectivity index (χ2n) is 7.65. The van der Waals surface area contributed by atoms with E-state index in [2.05, 4.69) is 10.3 Å². The molecule has 2 aromatic carbocycles. The van der Waals surface area contributed by atoms with Crippen LogP contribution in [0.3, 0.4) is 0 Å². The van der Waals surface area contributed by atoms with Crippen molar-refractivity contribution >= 4 is 23.2 Å². The van der Waals surface area contributed by atoms with E-state index in [1.165, 1.54) is 6.07 Å². The zero-order chi connectivity index (χ0) is 22.8. The number of nitrogens with one attached hydrogen (secondary N) is 1. The van der Waals surface area contributed by atoms with Crippen LogP contribution in [0.5, 0.6) is 0 Å². The maximum atomic E-state index is 13.5. The second kappa shape index (κ2) is 8.81. The highest BCUT2D eigenvalue weighted by Crippen LogP contribution is 2.29. The first kappa shape index (κ1) is 21.5. The summed E-state index contributed by atoms with van der Waals surface area (Å²) in [5.74, 6) is -0.463. The topological polar surface area (TPSA) is 64.0 Å². The average molecular weight is 444 g/mol. The molecule has 0 aliphatic carbocycles. The number of nitrogens with zero attached hydrogens (tertiary/aromatic N) is 2. The van der Waals surface area contributed by atoms with Crippen LogP contribution in [-0.4, -0.2) is 15.5 Å². The van der Waals surface area contributed by atoms with E-state index in [9.17, 15) is 9.59 Å². The van der Waals surface area contributed by atoms with Gasteiger partial charge >= 0.3 is 0 Å². The first-order chi connectivity index (χ1) is 15.4. The first-order valence-corrected chi connectivity index (χ1v) is 10.5. The molecule has 0 aliphatic rings. The maximum absolute atomic E-state index is 13.5. The third kappa shape index (κ3) is 4.07. The number of hydrogen-bond acceptors (Lipinski definition) is 3. The van der Waals surface area contributed by atoms with Gasteiger partial charge in [-0.1, -0.05) is 35.9 Å². The highest BCUT2D eigenvalue weighted by molar-refractivity contribution is 6.30. The molecule has 0 bridgehead atoms. The van der Waals surface area contributed by atoms with Crippen molar-refractivity contribution in [3.8, 4) is 16.9 Å². The van der Waals surface area contributed by atoms with Crippen molar-refractivity contribution in [3.05, 3.63) is 111 Å². The molecule has 1 N–H and O–H groups in total. The Labute approximate surface area is 191 Å². The Morgan fingerprint density at radius 1 is 0.938 bits per heavy atom. The number of para-hydroxylation sites is 1. The summed E-state index contributed by atoms with van der Waals surface area (Å²) >= 11 is 6.26. The van der Waals surface area contributed by atoms with Crippen LogP contribution in [-0.2, 0) is 0 Å². The second-order valence-corrected chi connectivity index (χ2v) is 8.08. The van der Waals surface area contributed by atoms with E-state index >= 15 is 0 Å². The largest absolute Gasteiger partial charge is 0.321 e. The normalized spacial score (nSPS) is 10.8. The average Bonchev–Trinajstić information content (AvgIpc) is 2.76. The van der Waals surface area contributed by atoms with Crippen molar-refractivity contribution in [2.75, 3.05) is 5.32 Å². The summed E-state index contributed by atoms with van der Waals surface area (Å²) in [6.07, 6.45) is 3.27. The number of halogens is 1. The van der Waals surface area contributed by atoms with Crippen LogP contribution >= 0.6 is 11.6 Å². The number of carbonyl (C=O) groups is 1. The molecule has 4 rings (SSSR count). The smallest absolute Gasteiger partial charge is 0.261 e. The number of aryl methyl sites for hydroxylation is 3. The van der Waals surface area contributed by atoms with E-state index in [-0.39, 0.29) is 11.0 Å². The predicted molar refractivity (Wildman–Crippen MR) is 129 cm³/mol. The van der Waals surface area contributed by atoms with Crippen molar-refractivity contribution < 1.29 is 4.79 Å². The highest BCUT2D eigenvalue weighted by atomic mass is 35.5. The molecular weight excluding hydrogens is 422 g/mol. The Hall–Kier alpha value is -3.70. The molecule has 160 valence electrons. The van der Waals surface area contributed by atoms with Gasteiger partial charge in [-0.25, -0.2) is 0 Å². The molecule has 2 aromatic heterocycles. The van der Waals surface area contributed by atoms with Crippen molar-refractivity contribution in [1.29, 1.82) is 0 Å². The number of pyridine rings is 2. The minimum absolute atomic E-state index is 0.0597. The molecule has 0 atom stereocenters. The number of hydrogen-bond donors (Lipinski definition) is 1. The van der Waals surface area contributed by atoms with E-state index in [1.807, 2.05) is 55.7 Å². The molecule has 1 amide bonds. The monoisotopic (exact) mass is 443 g/mol. The summed E-state index contributed by atoms with van der Waals surface area (Å²) < 4.78 is 1.88. The van der Waals surface area contributed by atoms with Gasteiger partial charge in [-0.05, 0) is 62.2 Å². The number of aromatic nitrogens is 2. The number of rotatable bonds is 4. The summed E-state index contributed by atoms with van der Waals surface area (Å²) in [6, 6.07) is 18.1. The summed E-state index contributed by atoms with van der Waals surface area (Å²) in [5, 5.41) is 3.52. The van der Waals surface area contributed by atoms with Gasteiger partial charge in [0.05, 0.1) is 5.69 Å². The van der Waals surface area contributed by atoms with Gasteiger partial charge in [0.25, 0.3) is 5.91 Å². The third-order valence-corrected chi connectivity index (χ3v) is 5.60. The van der Waals surface area contributed by atoms with Gasteiger partial charge in [0.15, 0.2) is 5.43 Å². The summed E-state index contributed by atoms with van der Waals surface area (Å²) in [4.78, 5) is 30.8. The van der Waals surface area contributed by atoms with Crippen LogP contribution in [0, 0.1) is 20.8 Å². The number of carbonyl (C=O) groups excluding carboxylic acids is 1. The summed E-state index contributed by atoms with van der Waals surface area (Å²) in [6.45, 7) is 5.68. The lowest BCUT2D eigenvalue weighted by Crippen LogP contribution is -2.26. The van der Waals surface area contributed by atoms with Crippen molar-refractivity contribution in [1.82, 2.24) is 9.55 Å². The van der Waals surface area contributed by atoms with E-state index < -0.39 is 5.91 Å². The van der Waals surface area contributed by atoms with Gasteiger partial charge < -0.3 is 9.88 Å². The van der Waals surface area contributed by atoms with Crippen LogP contribution < -0.4 is 10.7 Å². The van der Waals surface area contributed by atoms with Crippen molar-refractivity contribution in [2.45, 2.75) is 20.8 Å². The van der Waals surface area contributed by atoms with E-state index in [1.54, 1.807) is 36.7 Å². The van der Waals surface area contributed by atoms with Crippen molar-refractivity contribution in [2.24, 2.45) is 0 Å². The minimum Gasteiger partial charge on any atom is -0.321 e. The van der Waals surface area contributed by atoms with Crippen LogP contribution in [0.15, 0.2) is 77.9 Å². The molecule has 32 heavy (non-hydrogen) atoms. The molecule has 0 fully saturated rings. The summed E-state index contributed by atoms with van der Waals surface area (Å²) in [5.41, 5.74) is 4.89. The van der Waals surface area contributed by atoms with Crippen LogP contribution in [0.4, 0.5) is 5.69 Å². The Bertz CT molecular complexity index is 1360. The zero-order valence-corrected chi connectivity index (χ0v) is 18.8. The lowest BCUT2D eigenvalue weighted by atomic mass is 10.0. The van der Waals surface area contributed by atoms with E-state index in [0.29, 0.717) is 27.7 Å². The Morgan fingerprint density at radius 2 is 1.59 bits per heavy atom. The molecule has 6 heteroatoms. The molecule has 0 radical (unpaired) electrons. The van der Waals surface area contributed by atoms with Gasteiger partial charge in [0.1, 0.15) is 5.56 Å². The summed E-state index contributed by atoms with van der Waals surface area (Å²) in [7, 11) is 0. The van der Waals surface area contributed by atoms with E-state index in [4.69, 9.17) is 11.6 Å². The lowest BCUT2D eigenvalue weighted by Gasteiger charge is -2.21. The molecular formula is C26H22ClN3O2. The Balaban J connectivity index is 1.99. The fourth-order valence-corrected chi connectivity index (χ4v) is 4.05. The molecule has 0 aliphatic heterocycles. The third-order valence-electron chi connectivity index (χ3n) is 5.37. The van der Waals surface area contributed by atoms with Gasteiger partial charge in [-0.15, -0.1) is 0 Å². The fraction of sp³-hybridized carbons (Fsp3) is 0.115. The molecule has 0 unspecified atom stereocenters. The molecule has 0 saturated carbocycles. The molecule has 5 nitrogen and oxygen atoms in total. The molecule has 4 aromatic rings. The van der Waals surface area contributed by atoms with Gasteiger partial charge in [0, 0.05) is 46.1 Å². The SMILES string of the molecule is Cc1cccc(C)c1NC(=O)c1c(-c2ccncc2)n(-c2cccc(Cl)c2)c(C)cc1=O. The van der Waals surface area contributed by atoms with Crippen LogP contribution in [0.1, 0.15) is 27.2 Å². The Kier molecular flexibility index (Phi) is 5.93. The maximum Gasteiger partial charge on any atom is 0.261 e. The highest BCUT2D eigenvalue weighted by Gasteiger charge is 2.23. The van der Waals surface area contributed by atoms with Crippen LogP contribution in [0.2, 0.25) is 5.02 Å². The van der Waals surface area contributed by atoms with Gasteiger partial charge in [-0.3, -0.25) is 14.6 Å². The number of anilines is 1. The van der Waals surface area contributed by atoms with Crippen molar-refractivity contribution in [3.63, 3.8) is 0 Å². The fourth-order valence-electron chi connectivity index (χ4n) is 3.87. The van der Waals surface area contributed by atoms with Crippen LogP contribution in [0.25, 0.3) is 16.9 Å². The minimum atomic E-state index is -0.463. The predicted octanol–water partition coefficient (Wildman–Crippen LogP) is 5.73.